The molecule has 0 atom stereocenters. The quantitative estimate of drug-likeness (QED) is 0.815. The number of aromatic nitrogens is 1. The minimum absolute atomic E-state index is 0.155. The first kappa shape index (κ1) is 14.1. The number of hydrogen-bond acceptors (Lipinski definition) is 3. The number of ether oxygens (including phenoxy) is 1. The summed E-state index contributed by atoms with van der Waals surface area (Å²) in [7, 11) is 1.66. The van der Waals surface area contributed by atoms with Crippen LogP contribution < -0.4 is 5.32 Å². The number of benzene rings is 1. The van der Waals surface area contributed by atoms with Crippen LogP contribution in [0, 0.1) is 0 Å². The smallest absolute Gasteiger partial charge is 0.236 e. The van der Waals surface area contributed by atoms with E-state index in [1.54, 1.807) is 7.11 Å². The molecule has 1 amide bonds. The monoisotopic (exact) mass is 287 g/mol. The lowest BCUT2D eigenvalue weighted by molar-refractivity contribution is -0.131. The molecule has 1 aromatic carbocycles. The highest BCUT2D eigenvalue weighted by atomic mass is 16.5. The van der Waals surface area contributed by atoms with Gasteiger partial charge in [0, 0.05) is 55.3 Å². The Morgan fingerprint density at radius 1 is 1.43 bits per heavy atom. The first-order chi connectivity index (χ1) is 10.3. The van der Waals surface area contributed by atoms with E-state index in [0.717, 1.165) is 18.5 Å². The van der Waals surface area contributed by atoms with Gasteiger partial charge >= 0.3 is 0 Å². The van der Waals surface area contributed by atoms with Crippen molar-refractivity contribution in [1.29, 1.82) is 0 Å². The zero-order valence-electron chi connectivity index (χ0n) is 12.3. The summed E-state index contributed by atoms with van der Waals surface area (Å²) in [6.45, 7) is 3.18. The van der Waals surface area contributed by atoms with Crippen molar-refractivity contribution < 1.29 is 9.53 Å². The summed E-state index contributed by atoms with van der Waals surface area (Å²) in [6, 6.07) is 8.29. The molecule has 0 aliphatic carbocycles. The summed E-state index contributed by atoms with van der Waals surface area (Å²) >= 11 is 0. The fraction of sp³-hybridized carbons (Fsp3) is 0.438. The lowest BCUT2D eigenvalue weighted by Crippen LogP contribution is -2.41. The van der Waals surface area contributed by atoms with Crippen LogP contribution in [0.1, 0.15) is 11.3 Å². The van der Waals surface area contributed by atoms with Gasteiger partial charge in [0.1, 0.15) is 0 Å². The number of carbonyl (C=O) groups is 1. The number of hydrogen-bond donors (Lipinski definition) is 2. The van der Waals surface area contributed by atoms with E-state index in [9.17, 15) is 4.79 Å². The summed E-state index contributed by atoms with van der Waals surface area (Å²) in [6.07, 6.45) is 0.897. The molecule has 5 nitrogen and oxygen atoms in total. The van der Waals surface area contributed by atoms with Crippen LogP contribution in [0.4, 0.5) is 0 Å². The Hall–Kier alpha value is -1.85. The van der Waals surface area contributed by atoms with E-state index in [0.29, 0.717) is 26.2 Å². The van der Waals surface area contributed by atoms with Gasteiger partial charge in [-0.25, -0.2) is 0 Å². The van der Waals surface area contributed by atoms with Crippen molar-refractivity contribution in [1.82, 2.24) is 15.2 Å². The van der Waals surface area contributed by atoms with Gasteiger partial charge in [-0.05, 0) is 6.07 Å². The molecule has 0 saturated carbocycles. The fourth-order valence-electron chi connectivity index (χ4n) is 2.86. The molecule has 1 aromatic heterocycles. The number of carbonyl (C=O) groups excluding carboxylic acids is 1. The second-order valence-corrected chi connectivity index (χ2v) is 5.36. The number of aromatic amines is 1. The predicted molar refractivity (Wildman–Crippen MR) is 82.2 cm³/mol. The number of nitrogens with one attached hydrogen (secondary N) is 2. The lowest BCUT2D eigenvalue weighted by atomic mass is 10.0. The number of amides is 1. The van der Waals surface area contributed by atoms with E-state index in [1.807, 2.05) is 17.0 Å². The molecule has 0 spiro atoms. The number of para-hydroxylation sites is 1. The van der Waals surface area contributed by atoms with Crippen LogP contribution in [-0.4, -0.2) is 49.1 Å². The van der Waals surface area contributed by atoms with Gasteiger partial charge in [0.05, 0.1) is 13.2 Å². The van der Waals surface area contributed by atoms with E-state index >= 15 is 0 Å². The summed E-state index contributed by atoms with van der Waals surface area (Å²) in [5.74, 6) is 0.155. The van der Waals surface area contributed by atoms with Crippen LogP contribution >= 0.6 is 0 Å². The molecular weight excluding hydrogens is 266 g/mol. The molecule has 2 N–H and O–H groups in total. The molecule has 0 fully saturated rings. The second kappa shape index (κ2) is 6.28. The standard InChI is InChI=1S/C16H21N3O2/c1-21-9-7-17-10-16(20)19-8-6-15-13(11-19)12-4-2-3-5-14(12)18-15/h2-5,17-18H,6-11H2,1H3. The van der Waals surface area contributed by atoms with Crippen molar-refractivity contribution in [3.8, 4) is 0 Å². The molecular formula is C16H21N3O2. The second-order valence-electron chi connectivity index (χ2n) is 5.36. The maximum atomic E-state index is 12.2. The van der Waals surface area contributed by atoms with Crippen LogP contribution in [0.25, 0.3) is 10.9 Å². The van der Waals surface area contributed by atoms with Gasteiger partial charge in [-0.3, -0.25) is 4.79 Å². The lowest BCUT2D eigenvalue weighted by Gasteiger charge is -2.27. The Morgan fingerprint density at radius 2 is 2.29 bits per heavy atom. The topological polar surface area (TPSA) is 57.4 Å². The maximum Gasteiger partial charge on any atom is 0.236 e. The molecule has 1 aliphatic heterocycles. The minimum Gasteiger partial charge on any atom is -0.383 e. The van der Waals surface area contributed by atoms with Gasteiger partial charge in [0.25, 0.3) is 0 Å². The number of nitrogens with zero attached hydrogens (tertiary/aromatic N) is 1. The molecule has 0 radical (unpaired) electrons. The molecule has 0 unspecified atom stereocenters. The van der Waals surface area contributed by atoms with Crippen LogP contribution in [0.5, 0.6) is 0 Å². The van der Waals surface area contributed by atoms with Gasteiger partial charge in [0.2, 0.25) is 5.91 Å². The highest BCUT2D eigenvalue weighted by Gasteiger charge is 2.23. The van der Waals surface area contributed by atoms with E-state index in [-0.39, 0.29) is 5.91 Å². The van der Waals surface area contributed by atoms with Crippen molar-refractivity contribution in [2.75, 3.05) is 33.4 Å². The zero-order chi connectivity index (χ0) is 14.7. The van der Waals surface area contributed by atoms with E-state index < -0.39 is 0 Å². The average molecular weight is 287 g/mol. The van der Waals surface area contributed by atoms with Crippen molar-refractivity contribution in [3.63, 3.8) is 0 Å². The number of fused-ring (bicyclic) bond motifs is 3. The van der Waals surface area contributed by atoms with Crippen LogP contribution in [0.3, 0.4) is 0 Å². The third kappa shape index (κ3) is 2.94. The van der Waals surface area contributed by atoms with Crippen LogP contribution in [-0.2, 0) is 22.5 Å². The van der Waals surface area contributed by atoms with Crippen molar-refractivity contribution in [2.24, 2.45) is 0 Å². The number of rotatable bonds is 5. The third-order valence-electron chi connectivity index (χ3n) is 3.99. The van der Waals surface area contributed by atoms with Gasteiger partial charge in [-0.15, -0.1) is 0 Å². The zero-order valence-corrected chi connectivity index (χ0v) is 12.3. The van der Waals surface area contributed by atoms with Gasteiger partial charge < -0.3 is 19.9 Å². The third-order valence-corrected chi connectivity index (χ3v) is 3.99. The van der Waals surface area contributed by atoms with Crippen LogP contribution in [0.2, 0.25) is 0 Å². The molecule has 0 bridgehead atoms. The molecule has 1 aliphatic rings. The Morgan fingerprint density at radius 3 is 3.14 bits per heavy atom. The number of H-pyrrole nitrogens is 1. The van der Waals surface area contributed by atoms with E-state index in [4.69, 9.17) is 4.74 Å². The minimum atomic E-state index is 0.155. The van der Waals surface area contributed by atoms with Crippen molar-refractivity contribution in [3.05, 3.63) is 35.5 Å². The normalized spacial score (nSPS) is 14.4. The Labute approximate surface area is 124 Å². The predicted octanol–water partition coefficient (Wildman–Crippen LogP) is 1.29. The molecule has 112 valence electrons. The SMILES string of the molecule is COCCNCC(=O)N1CCc2[nH]c3ccccc3c2C1. The number of methoxy groups -OCH3 is 1. The Bertz CT molecular complexity index is 635. The molecule has 3 rings (SSSR count). The van der Waals surface area contributed by atoms with E-state index in [1.165, 1.54) is 16.6 Å². The Kier molecular flexibility index (Phi) is 4.22. The van der Waals surface area contributed by atoms with Crippen molar-refractivity contribution in [2.45, 2.75) is 13.0 Å². The van der Waals surface area contributed by atoms with Gasteiger partial charge in [-0.1, -0.05) is 18.2 Å². The summed E-state index contributed by atoms with van der Waals surface area (Å²) in [4.78, 5) is 17.6. The molecule has 5 heteroatoms. The first-order valence-corrected chi connectivity index (χ1v) is 7.35. The Balaban J connectivity index is 1.67. The maximum absolute atomic E-state index is 12.2. The summed E-state index contributed by atoms with van der Waals surface area (Å²) < 4.78 is 4.96. The first-order valence-electron chi connectivity index (χ1n) is 7.35. The molecule has 2 aromatic rings. The molecule has 2 heterocycles. The van der Waals surface area contributed by atoms with Crippen LogP contribution in [0.15, 0.2) is 24.3 Å². The van der Waals surface area contributed by atoms with E-state index in [2.05, 4.69) is 22.4 Å². The highest BCUT2D eigenvalue weighted by Crippen LogP contribution is 2.27. The largest absolute Gasteiger partial charge is 0.383 e. The van der Waals surface area contributed by atoms with Crippen molar-refractivity contribution >= 4 is 16.8 Å². The summed E-state index contributed by atoms with van der Waals surface area (Å²) in [5.41, 5.74) is 3.70. The molecule has 0 saturated heterocycles. The van der Waals surface area contributed by atoms with Gasteiger partial charge in [-0.2, -0.15) is 0 Å². The summed E-state index contributed by atoms with van der Waals surface area (Å²) in [5, 5.41) is 4.35. The van der Waals surface area contributed by atoms with Gasteiger partial charge in [0.15, 0.2) is 0 Å². The molecule has 21 heavy (non-hydrogen) atoms. The average Bonchev–Trinajstić information content (AvgIpc) is 2.89. The fourth-order valence-corrected chi connectivity index (χ4v) is 2.86. The highest BCUT2D eigenvalue weighted by molar-refractivity contribution is 5.86.